The Hall–Kier alpha value is -2.60. The first kappa shape index (κ1) is 14.8. The molecule has 0 amide bonds. The molecule has 0 unspecified atom stereocenters. The average molecular weight is 304 g/mol. The Labute approximate surface area is 121 Å². The maximum atomic E-state index is 12.3. The highest BCUT2D eigenvalue weighted by Gasteiger charge is 2.17. The zero-order valence-electron chi connectivity index (χ0n) is 10.8. The molecule has 2 rings (SSSR count). The van der Waals surface area contributed by atoms with Crippen molar-refractivity contribution in [3.63, 3.8) is 0 Å². The minimum atomic E-state index is -3.66. The smallest absolute Gasteiger partial charge is 0.328 e. The summed E-state index contributed by atoms with van der Waals surface area (Å²) >= 11 is 0. The lowest BCUT2D eigenvalue weighted by Crippen LogP contribution is -2.01. The number of phenols is 1. The summed E-state index contributed by atoms with van der Waals surface area (Å²) in [5.41, 5.74) is 0.585. The van der Waals surface area contributed by atoms with E-state index in [2.05, 4.69) is 0 Å². The topological polar surface area (TPSA) is 91.7 Å². The lowest BCUT2D eigenvalue weighted by atomic mass is 10.2. The van der Waals surface area contributed by atoms with E-state index in [1.165, 1.54) is 54.6 Å². The van der Waals surface area contributed by atoms with Gasteiger partial charge >= 0.3 is 5.97 Å². The van der Waals surface area contributed by atoms with Gasteiger partial charge in [-0.2, -0.15) is 0 Å². The minimum absolute atomic E-state index is 0.0110. The Bertz CT molecular complexity index is 772. The fourth-order valence-corrected chi connectivity index (χ4v) is 2.95. The molecule has 6 heteroatoms. The van der Waals surface area contributed by atoms with Crippen LogP contribution in [0.1, 0.15) is 5.56 Å². The number of phenolic OH excluding ortho intramolecular Hbond substituents is 1. The first-order valence-electron chi connectivity index (χ1n) is 5.95. The largest absolute Gasteiger partial charge is 0.508 e. The van der Waals surface area contributed by atoms with Crippen molar-refractivity contribution in [2.75, 3.05) is 0 Å². The van der Waals surface area contributed by atoms with Crippen LogP contribution in [0.5, 0.6) is 5.75 Å². The first-order valence-corrected chi connectivity index (χ1v) is 7.43. The summed E-state index contributed by atoms with van der Waals surface area (Å²) in [6.45, 7) is 0. The molecular weight excluding hydrogens is 292 g/mol. The quantitative estimate of drug-likeness (QED) is 0.846. The Morgan fingerprint density at radius 2 is 1.38 bits per heavy atom. The number of hydrogen-bond acceptors (Lipinski definition) is 4. The van der Waals surface area contributed by atoms with E-state index >= 15 is 0 Å². The minimum Gasteiger partial charge on any atom is -0.508 e. The van der Waals surface area contributed by atoms with Gasteiger partial charge in [0.05, 0.1) is 9.79 Å². The highest BCUT2D eigenvalue weighted by molar-refractivity contribution is 7.91. The average Bonchev–Trinajstić information content (AvgIpc) is 2.46. The van der Waals surface area contributed by atoms with Gasteiger partial charge in [0.25, 0.3) is 0 Å². The van der Waals surface area contributed by atoms with Crippen LogP contribution in [0.15, 0.2) is 64.4 Å². The summed E-state index contributed by atoms with van der Waals surface area (Å²) < 4.78 is 24.7. The number of aromatic hydroxyl groups is 1. The first-order chi connectivity index (χ1) is 9.89. The lowest BCUT2D eigenvalue weighted by Gasteiger charge is -2.05. The van der Waals surface area contributed by atoms with Crippen molar-refractivity contribution in [2.45, 2.75) is 9.79 Å². The van der Waals surface area contributed by atoms with Gasteiger partial charge in [-0.05, 0) is 48.0 Å². The number of sulfone groups is 1. The van der Waals surface area contributed by atoms with Crippen molar-refractivity contribution in [1.82, 2.24) is 0 Å². The molecule has 0 saturated heterocycles. The van der Waals surface area contributed by atoms with E-state index in [0.29, 0.717) is 5.56 Å². The molecule has 0 aromatic heterocycles. The Morgan fingerprint density at radius 3 is 1.86 bits per heavy atom. The van der Waals surface area contributed by atoms with Crippen LogP contribution in [0.2, 0.25) is 0 Å². The monoisotopic (exact) mass is 304 g/mol. The SMILES string of the molecule is O=C(O)C=Cc1ccc(S(=O)(=O)c2ccc(O)cc2)cc1. The number of hydrogen-bond donors (Lipinski definition) is 2. The molecule has 5 nitrogen and oxygen atoms in total. The summed E-state index contributed by atoms with van der Waals surface area (Å²) in [4.78, 5) is 10.6. The maximum Gasteiger partial charge on any atom is 0.328 e. The highest BCUT2D eigenvalue weighted by Crippen LogP contribution is 2.23. The van der Waals surface area contributed by atoms with E-state index in [9.17, 15) is 18.3 Å². The normalized spacial score (nSPS) is 11.6. The molecule has 0 aliphatic heterocycles. The van der Waals surface area contributed by atoms with Crippen molar-refractivity contribution in [1.29, 1.82) is 0 Å². The number of carboxylic acids is 1. The number of rotatable bonds is 4. The third-order valence-electron chi connectivity index (χ3n) is 2.76. The fraction of sp³-hybridized carbons (Fsp3) is 0. The summed E-state index contributed by atoms with van der Waals surface area (Å²) in [7, 11) is -3.66. The van der Waals surface area contributed by atoms with E-state index in [-0.39, 0.29) is 15.5 Å². The Morgan fingerprint density at radius 1 is 0.905 bits per heavy atom. The van der Waals surface area contributed by atoms with Crippen LogP contribution in [0.4, 0.5) is 0 Å². The van der Waals surface area contributed by atoms with Gasteiger partial charge in [0, 0.05) is 6.08 Å². The number of benzene rings is 2. The molecular formula is C15H12O5S. The van der Waals surface area contributed by atoms with Crippen LogP contribution >= 0.6 is 0 Å². The van der Waals surface area contributed by atoms with Crippen molar-refractivity contribution < 1.29 is 23.4 Å². The number of carboxylic acid groups (broad SMARTS) is 1. The molecule has 0 fully saturated rings. The van der Waals surface area contributed by atoms with E-state index in [1.807, 2.05) is 0 Å². The van der Waals surface area contributed by atoms with Gasteiger partial charge < -0.3 is 10.2 Å². The predicted octanol–water partition coefficient (Wildman–Crippen LogP) is 2.32. The predicted molar refractivity (Wildman–Crippen MR) is 76.7 cm³/mol. The third-order valence-corrected chi connectivity index (χ3v) is 4.54. The maximum absolute atomic E-state index is 12.3. The number of carbonyl (C=O) groups is 1. The summed E-state index contributed by atoms with van der Waals surface area (Å²) in [5.74, 6) is -1.08. The van der Waals surface area contributed by atoms with Crippen molar-refractivity contribution >= 4 is 21.9 Å². The van der Waals surface area contributed by atoms with Crippen LogP contribution in [0.25, 0.3) is 6.08 Å². The van der Waals surface area contributed by atoms with Crippen molar-refractivity contribution in [3.05, 3.63) is 60.2 Å². The molecule has 0 heterocycles. The van der Waals surface area contributed by atoms with Gasteiger partial charge in [-0.1, -0.05) is 12.1 Å². The standard InChI is InChI=1S/C15H12O5S/c16-12-4-8-14(9-5-12)21(19,20)13-6-1-11(2-7-13)3-10-15(17)18/h1-10,16H,(H,17,18). The lowest BCUT2D eigenvalue weighted by molar-refractivity contribution is -0.131. The van der Waals surface area contributed by atoms with Gasteiger partial charge in [-0.15, -0.1) is 0 Å². The van der Waals surface area contributed by atoms with Gasteiger partial charge in [-0.3, -0.25) is 0 Å². The molecule has 2 aromatic rings. The second-order valence-corrected chi connectivity index (χ2v) is 6.19. The molecule has 0 radical (unpaired) electrons. The van der Waals surface area contributed by atoms with Crippen LogP contribution in [0.3, 0.4) is 0 Å². The zero-order chi connectivity index (χ0) is 15.5. The van der Waals surface area contributed by atoms with Crippen molar-refractivity contribution in [3.8, 4) is 5.75 Å². The van der Waals surface area contributed by atoms with Gasteiger partial charge in [-0.25, -0.2) is 13.2 Å². The fourth-order valence-electron chi connectivity index (χ4n) is 1.69. The molecule has 2 aromatic carbocycles. The molecule has 0 bridgehead atoms. The molecule has 0 atom stereocenters. The van der Waals surface area contributed by atoms with E-state index < -0.39 is 15.8 Å². The van der Waals surface area contributed by atoms with E-state index in [4.69, 9.17) is 5.11 Å². The Balaban J connectivity index is 2.33. The van der Waals surface area contributed by atoms with Gasteiger partial charge in [0.2, 0.25) is 9.84 Å². The summed E-state index contributed by atoms with van der Waals surface area (Å²) in [6.07, 6.45) is 2.35. The molecule has 0 aliphatic rings. The summed E-state index contributed by atoms with van der Waals surface area (Å²) in [5, 5.41) is 17.7. The molecule has 21 heavy (non-hydrogen) atoms. The third kappa shape index (κ3) is 3.49. The zero-order valence-corrected chi connectivity index (χ0v) is 11.6. The van der Waals surface area contributed by atoms with E-state index in [0.717, 1.165) is 6.08 Å². The molecule has 0 saturated carbocycles. The van der Waals surface area contributed by atoms with Gasteiger partial charge in [0.1, 0.15) is 5.75 Å². The molecule has 0 spiro atoms. The molecule has 0 aliphatic carbocycles. The molecule has 2 N–H and O–H groups in total. The van der Waals surface area contributed by atoms with Crippen LogP contribution in [-0.4, -0.2) is 24.6 Å². The van der Waals surface area contributed by atoms with Crippen LogP contribution in [-0.2, 0) is 14.6 Å². The second kappa shape index (κ2) is 5.80. The van der Waals surface area contributed by atoms with Crippen LogP contribution < -0.4 is 0 Å². The van der Waals surface area contributed by atoms with Gasteiger partial charge in [0.15, 0.2) is 0 Å². The highest BCUT2D eigenvalue weighted by atomic mass is 32.2. The second-order valence-electron chi connectivity index (χ2n) is 4.24. The van der Waals surface area contributed by atoms with E-state index in [1.54, 1.807) is 0 Å². The number of aliphatic carboxylic acids is 1. The van der Waals surface area contributed by atoms with Crippen molar-refractivity contribution in [2.24, 2.45) is 0 Å². The Kier molecular flexibility index (Phi) is 4.09. The summed E-state index contributed by atoms with van der Waals surface area (Å²) in [6, 6.07) is 11.1. The van der Waals surface area contributed by atoms with Crippen LogP contribution in [0, 0.1) is 0 Å². The molecule has 108 valence electrons.